The van der Waals surface area contributed by atoms with Crippen molar-refractivity contribution in [1.82, 2.24) is 0 Å². The predicted molar refractivity (Wildman–Crippen MR) is 132 cm³/mol. The first kappa shape index (κ1) is 28.8. The first-order valence-electron chi connectivity index (χ1n) is 13.1. The monoisotopic (exact) mass is 594 g/mol. The predicted octanol–water partition coefficient (Wildman–Crippen LogP) is -2.10. The normalized spacial score (nSPS) is 40.7. The van der Waals surface area contributed by atoms with Crippen LogP contribution in [0.1, 0.15) is 11.7 Å². The number of hydrogen-bond donors (Lipinski definition) is 6. The Kier molecular flexibility index (Phi) is 7.18. The molecule has 3 fully saturated rings. The standard InChI is InChI=1S/C27H30O15/c1-36-13-5-9(3-4-12(13)29)17(30)10-6-27(42-24(10)35)16-15(21-22(27)40-21)11(23(34)37-2)8-38-25(16)41-26-20(33)19(32)18(31)14(7-28)39-26/h3-6,8,14-22,25-26,28-33H,7H2,1-2H3/t14-,15-,16-,17?,18-,19+,20-,21+,22+,25-,26+,27-/m1/s1. The molecule has 0 bridgehead atoms. The summed E-state index contributed by atoms with van der Waals surface area (Å²) in [7, 11) is 2.51. The lowest BCUT2D eigenvalue weighted by molar-refractivity contribution is -0.347. The van der Waals surface area contributed by atoms with E-state index in [0.717, 1.165) is 6.26 Å². The Balaban J connectivity index is 1.37. The molecule has 6 N–H and O–H groups in total. The third kappa shape index (κ3) is 4.27. The smallest absolute Gasteiger partial charge is 0.337 e. The van der Waals surface area contributed by atoms with E-state index >= 15 is 0 Å². The van der Waals surface area contributed by atoms with Crippen LogP contribution in [0, 0.1) is 11.8 Å². The van der Waals surface area contributed by atoms with Crippen LogP contribution in [0.15, 0.2) is 41.7 Å². The Morgan fingerprint density at radius 3 is 2.55 bits per heavy atom. The summed E-state index contributed by atoms with van der Waals surface area (Å²) in [6.45, 7) is -0.694. The zero-order valence-electron chi connectivity index (χ0n) is 22.3. The van der Waals surface area contributed by atoms with Gasteiger partial charge >= 0.3 is 11.9 Å². The molecule has 2 saturated heterocycles. The molecule has 1 saturated carbocycles. The van der Waals surface area contributed by atoms with Crippen LogP contribution in [-0.4, -0.2) is 118 Å². The molecule has 4 aliphatic heterocycles. The average molecular weight is 595 g/mol. The highest BCUT2D eigenvalue weighted by atomic mass is 16.8. The van der Waals surface area contributed by atoms with E-state index in [1.165, 1.54) is 38.5 Å². The zero-order chi connectivity index (χ0) is 30.1. The highest BCUT2D eigenvalue weighted by molar-refractivity contribution is 5.94. The highest BCUT2D eigenvalue weighted by Gasteiger charge is 2.78. The van der Waals surface area contributed by atoms with Crippen LogP contribution in [0.5, 0.6) is 11.5 Å². The van der Waals surface area contributed by atoms with Crippen molar-refractivity contribution in [1.29, 1.82) is 0 Å². The van der Waals surface area contributed by atoms with Gasteiger partial charge in [-0.1, -0.05) is 6.07 Å². The molecule has 1 aliphatic carbocycles. The summed E-state index contributed by atoms with van der Waals surface area (Å²) in [6, 6.07) is 4.06. The van der Waals surface area contributed by atoms with E-state index < -0.39 is 91.3 Å². The van der Waals surface area contributed by atoms with Gasteiger partial charge in [0.1, 0.15) is 36.6 Å². The van der Waals surface area contributed by atoms with E-state index in [0.29, 0.717) is 0 Å². The summed E-state index contributed by atoms with van der Waals surface area (Å²) in [5.41, 5.74) is -1.48. The lowest BCUT2D eigenvalue weighted by Crippen LogP contribution is -2.61. The van der Waals surface area contributed by atoms with E-state index in [1.54, 1.807) is 0 Å². The summed E-state index contributed by atoms with van der Waals surface area (Å²) in [4.78, 5) is 25.9. The van der Waals surface area contributed by atoms with Gasteiger partial charge in [-0.15, -0.1) is 0 Å². The van der Waals surface area contributed by atoms with Crippen molar-refractivity contribution in [2.24, 2.45) is 11.8 Å². The maximum atomic E-state index is 13.3. The Morgan fingerprint density at radius 1 is 1.10 bits per heavy atom. The number of carbonyl (C=O) groups excluding carboxylic acids is 2. The van der Waals surface area contributed by atoms with Crippen LogP contribution in [0.25, 0.3) is 0 Å². The molecule has 1 aromatic carbocycles. The number of rotatable bonds is 7. The minimum Gasteiger partial charge on any atom is -0.504 e. The SMILES string of the molecule is COC(=O)C1=CO[C@H](O[C@@H]2O[C@H](CO)[C@@H](O)[C@H](O)[C@H]2O)[C@H]2[C@@H]1[C@@H]1O[C@@H]1[C@@]21C=C(C(O)c2ccc(O)c(OC)c2)C(=O)O1. The van der Waals surface area contributed by atoms with Crippen molar-refractivity contribution >= 4 is 11.9 Å². The van der Waals surface area contributed by atoms with Gasteiger partial charge in [0.15, 0.2) is 23.4 Å². The Labute approximate surface area is 238 Å². The maximum Gasteiger partial charge on any atom is 0.337 e. The van der Waals surface area contributed by atoms with Crippen LogP contribution in [0.2, 0.25) is 0 Å². The van der Waals surface area contributed by atoms with Gasteiger partial charge in [-0.05, 0) is 23.8 Å². The van der Waals surface area contributed by atoms with E-state index in [1.807, 2.05) is 0 Å². The summed E-state index contributed by atoms with van der Waals surface area (Å²) in [5.74, 6) is -3.51. The summed E-state index contributed by atoms with van der Waals surface area (Å²) in [5, 5.41) is 61.6. The van der Waals surface area contributed by atoms with Crippen molar-refractivity contribution in [2.75, 3.05) is 20.8 Å². The molecular weight excluding hydrogens is 564 g/mol. The quantitative estimate of drug-likeness (QED) is 0.147. The number of carbonyl (C=O) groups is 2. The molecular formula is C27H30O15. The second kappa shape index (κ2) is 10.5. The average Bonchev–Trinajstić information content (AvgIpc) is 3.66. The van der Waals surface area contributed by atoms with Gasteiger partial charge in [0.25, 0.3) is 0 Å². The fraction of sp³-hybridized carbons (Fsp3) is 0.556. The van der Waals surface area contributed by atoms with Crippen molar-refractivity contribution in [3.63, 3.8) is 0 Å². The number of aromatic hydroxyl groups is 1. The van der Waals surface area contributed by atoms with Crippen LogP contribution in [0.4, 0.5) is 0 Å². The van der Waals surface area contributed by atoms with Crippen LogP contribution in [-0.2, 0) is 38.0 Å². The van der Waals surface area contributed by atoms with Crippen LogP contribution < -0.4 is 4.74 Å². The third-order valence-corrected chi connectivity index (χ3v) is 8.45. The summed E-state index contributed by atoms with van der Waals surface area (Å²) in [6.07, 6.45) is -9.79. The largest absolute Gasteiger partial charge is 0.504 e. The van der Waals surface area contributed by atoms with Gasteiger partial charge in [0, 0.05) is 5.92 Å². The molecule has 0 radical (unpaired) electrons. The molecule has 228 valence electrons. The number of hydrogen-bond acceptors (Lipinski definition) is 15. The van der Waals surface area contributed by atoms with E-state index in [2.05, 4.69) is 0 Å². The van der Waals surface area contributed by atoms with Crippen molar-refractivity contribution in [3.8, 4) is 11.5 Å². The number of fused-ring (bicyclic) bond motifs is 5. The van der Waals surface area contributed by atoms with Crippen molar-refractivity contribution < 1.29 is 73.4 Å². The Morgan fingerprint density at radius 2 is 1.86 bits per heavy atom. The van der Waals surface area contributed by atoms with Gasteiger partial charge in [-0.25, -0.2) is 9.59 Å². The first-order chi connectivity index (χ1) is 20.1. The van der Waals surface area contributed by atoms with E-state index in [4.69, 9.17) is 33.2 Å². The number of methoxy groups -OCH3 is 2. The fourth-order valence-electron chi connectivity index (χ4n) is 6.31. The molecule has 1 unspecified atom stereocenters. The van der Waals surface area contributed by atoms with Crippen LogP contribution in [0.3, 0.4) is 0 Å². The number of benzene rings is 1. The number of aliphatic hydroxyl groups is 5. The van der Waals surface area contributed by atoms with Crippen molar-refractivity contribution in [3.05, 3.63) is 47.2 Å². The molecule has 4 heterocycles. The third-order valence-electron chi connectivity index (χ3n) is 8.45. The molecule has 5 aliphatic rings. The van der Waals surface area contributed by atoms with Crippen LogP contribution >= 0.6 is 0 Å². The van der Waals surface area contributed by atoms with E-state index in [9.17, 15) is 40.2 Å². The Bertz CT molecular complexity index is 1320. The molecule has 1 aromatic rings. The molecule has 42 heavy (non-hydrogen) atoms. The minimum atomic E-state index is -1.76. The molecule has 15 heteroatoms. The van der Waals surface area contributed by atoms with Gasteiger partial charge in [-0.3, -0.25) is 0 Å². The summed E-state index contributed by atoms with van der Waals surface area (Å²) < 4.78 is 38.9. The fourth-order valence-corrected chi connectivity index (χ4v) is 6.31. The topological polar surface area (TPSA) is 223 Å². The Hall–Kier alpha value is -3.28. The van der Waals surface area contributed by atoms with Crippen molar-refractivity contribution in [2.45, 2.75) is 60.9 Å². The highest BCUT2D eigenvalue weighted by Crippen LogP contribution is 2.63. The maximum absolute atomic E-state index is 13.3. The van der Waals surface area contributed by atoms with Gasteiger partial charge in [-0.2, -0.15) is 0 Å². The summed E-state index contributed by atoms with van der Waals surface area (Å²) >= 11 is 0. The number of phenolic OH excluding ortho intramolecular Hbond substituents is 1. The second-order valence-corrected chi connectivity index (χ2v) is 10.7. The molecule has 15 nitrogen and oxygen atoms in total. The molecule has 0 amide bonds. The number of phenols is 1. The minimum absolute atomic E-state index is 0.0706. The number of ether oxygens (including phenoxy) is 7. The van der Waals surface area contributed by atoms with Gasteiger partial charge < -0.3 is 63.8 Å². The second-order valence-electron chi connectivity index (χ2n) is 10.7. The molecule has 12 atom stereocenters. The van der Waals surface area contributed by atoms with E-state index in [-0.39, 0.29) is 28.2 Å². The van der Waals surface area contributed by atoms with Gasteiger partial charge in [0.05, 0.1) is 50.3 Å². The number of epoxide rings is 1. The molecule has 0 aromatic heterocycles. The number of aliphatic hydroxyl groups excluding tert-OH is 5. The zero-order valence-corrected chi connectivity index (χ0v) is 22.3. The molecule has 1 spiro atoms. The molecule has 6 rings (SSSR count). The number of esters is 2. The van der Waals surface area contributed by atoms with Gasteiger partial charge in [0.2, 0.25) is 6.29 Å². The lowest BCUT2D eigenvalue weighted by atomic mass is 9.78. The lowest BCUT2D eigenvalue weighted by Gasteiger charge is -2.45. The first-order valence-corrected chi connectivity index (χ1v) is 13.1.